The number of nitrogens with one attached hydrogen (secondary N) is 1. The van der Waals surface area contributed by atoms with Crippen LogP contribution in [0.25, 0.3) is 21.3 Å². The van der Waals surface area contributed by atoms with Gasteiger partial charge in [-0.05, 0) is 43.2 Å². The number of ketones is 1. The smallest absolute Gasteiger partial charge is 0.260 e. The normalized spacial score (nSPS) is 11.1. The fraction of sp³-hybridized carbons (Fsp3) is 0.136. The number of hydrogen-bond donors (Lipinski definition) is 1. The van der Waals surface area contributed by atoms with Crippen molar-refractivity contribution in [2.24, 2.45) is 0 Å². The molecule has 146 valence electrons. The summed E-state index contributed by atoms with van der Waals surface area (Å²) in [7, 11) is 0. The van der Waals surface area contributed by atoms with E-state index in [2.05, 4.69) is 9.97 Å². The van der Waals surface area contributed by atoms with Gasteiger partial charge < -0.3 is 4.98 Å². The van der Waals surface area contributed by atoms with Gasteiger partial charge in [0.2, 0.25) is 0 Å². The summed E-state index contributed by atoms with van der Waals surface area (Å²) in [6.07, 6.45) is 0. The highest BCUT2D eigenvalue weighted by Gasteiger charge is 2.15. The summed E-state index contributed by atoms with van der Waals surface area (Å²) in [5.41, 5.74) is 3.62. The number of thiophene rings is 1. The molecule has 0 atom stereocenters. The van der Waals surface area contributed by atoms with E-state index in [0.717, 1.165) is 16.7 Å². The molecule has 29 heavy (non-hydrogen) atoms. The number of aromatic amines is 1. The first-order chi connectivity index (χ1) is 13.9. The third kappa shape index (κ3) is 4.02. The van der Waals surface area contributed by atoms with E-state index in [0.29, 0.717) is 26.5 Å². The zero-order valence-electron chi connectivity index (χ0n) is 15.8. The van der Waals surface area contributed by atoms with Crippen molar-refractivity contribution in [3.05, 3.63) is 80.7 Å². The van der Waals surface area contributed by atoms with Crippen LogP contribution >= 0.6 is 23.1 Å². The van der Waals surface area contributed by atoms with E-state index in [4.69, 9.17) is 0 Å². The van der Waals surface area contributed by atoms with Gasteiger partial charge >= 0.3 is 0 Å². The Kier molecular flexibility index (Phi) is 5.34. The van der Waals surface area contributed by atoms with Crippen molar-refractivity contribution in [2.45, 2.75) is 19.0 Å². The lowest BCUT2D eigenvalue weighted by atomic mass is 10.1. The third-order valence-electron chi connectivity index (χ3n) is 4.60. The van der Waals surface area contributed by atoms with Gasteiger partial charge in [-0.3, -0.25) is 9.59 Å². The first kappa shape index (κ1) is 19.5. The maximum Gasteiger partial charge on any atom is 0.260 e. The molecule has 0 aliphatic heterocycles. The summed E-state index contributed by atoms with van der Waals surface area (Å²) in [5.74, 6) is -0.379. The van der Waals surface area contributed by atoms with E-state index in [1.165, 1.54) is 41.3 Å². The Labute approximate surface area is 174 Å². The van der Waals surface area contributed by atoms with Gasteiger partial charge in [-0.2, -0.15) is 0 Å². The Morgan fingerprint density at radius 2 is 1.93 bits per heavy atom. The molecule has 1 N–H and O–H groups in total. The molecule has 7 heteroatoms. The number of benzene rings is 2. The fourth-order valence-corrected chi connectivity index (χ4v) is 4.74. The summed E-state index contributed by atoms with van der Waals surface area (Å²) in [5, 5.41) is 2.88. The van der Waals surface area contributed by atoms with E-state index >= 15 is 0 Å². The molecule has 0 amide bonds. The molecule has 0 saturated carbocycles. The van der Waals surface area contributed by atoms with Gasteiger partial charge in [0.05, 0.1) is 11.1 Å². The lowest BCUT2D eigenvalue weighted by Gasteiger charge is -2.04. The molecule has 0 unspecified atom stereocenters. The second kappa shape index (κ2) is 7.93. The average Bonchev–Trinajstić information content (AvgIpc) is 3.13. The van der Waals surface area contributed by atoms with Crippen molar-refractivity contribution in [3.8, 4) is 11.1 Å². The number of rotatable bonds is 5. The molecular weight excluding hydrogens is 407 g/mol. The Morgan fingerprint density at radius 3 is 2.66 bits per heavy atom. The molecule has 0 fully saturated rings. The lowest BCUT2D eigenvalue weighted by molar-refractivity contribution is 0.102. The standard InChI is InChI=1S/C22H17FN2O2S2/c1-12-3-5-14(6-4-12)16-10-28-21-19(16)20(27)24-22(25-21)29-11-18(26)15-7-8-17(23)13(2)9-15/h3-10H,11H2,1-2H3,(H,24,25,27). The van der Waals surface area contributed by atoms with Crippen LogP contribution < -0.4 is 5.56 Å². The minimum absolute atomic E-state index is 0.107. The fourth-order valence-electron chi connectivity index (χ4n) is 2.98. The molecule has 2 aromatic heterocycles. The van der Waals surface area contributed by atoms with Crippen LogP contribution in [0.5, 0.6) is 0 Å². The Hall–Kier alpha value is -2.77. The van der Waals surface area contributed by atoms with Crippen LogP contribution in [0.3, 0.4) is 0 Å². The molecule has 2 heterocycles. The summed E-state index contributed by atoms with van der Waals surface area (Å²) >= 11 is 2.57. The van der Waals surface area contributed by atoms with Crippen molar-refractivity contribution >= 4 is 39.1 Å². The zero-order valence-corrected chi connectivity index (χ0v) is 17.4. The summed E-state index contributed by atoms with van der Waals surface area (Å²) < 4.78 is 13.4. The average molecular weight is 425 g/mol. The summed E-state index contributed by atoms with van der Waals surface area (Å²) in [6.45, 7) is 3.64. The summed E-state index contributed by atoms with van der Waals surface area (Å²) in [6, 6.07) is 12.3. The largest absolute Gasteiger partial charge is 0.301 e. The molecular formula is C22H17FN2O2S2. The maximum absolute atomic E-state index is 13.4. The molecule has 4 rings (SSSR count). The predicted octanol–water partition coefficient (Wildman–Crippen LogP) is 5.38. The van der Waals surface area contributed by atoms with Gasteiger partial charge in [-0.15, -0.1) is 11.3 Å². The zero-order chi connectivity index (χ0) is 20.5. The highest BCUT2D eigenvalue weighted by Crippen LogP contribution is 2.31. The van der Waals surface area contributed by atoms with Gasteiger partial charge in [0.15, 0.2) is 10.9 Å². The lowest BCUT2D eigenvalue weighted by Crippen LogP contribution is -2.10. The number of nitrogens with zero attached hydrogens (tertiary/aromatic N) is 1. The molecule has 4 aromatic rings. The minimum atomic E-state index is -0.340. The molecule has 0 saturated heterocycles. The number of carbonyl (C=O) groups is 1. The molecule has 0 aliphatic rings. The van der Waals surface area contributed by atoms with Gasteiger partial charge in [-0.1, -0.05) is 41.6 Å². The molecule has 0 radical (unpaired) electrons. The predicted molar refractivity (Wildman–Crippen MR) is 117 cm³/mol. The van der Waals surface area contributed by atoms with E-state index in [9.17, 15) is 14.0 Å². The molecule has 4 nitrogen and oxygen atoms in total. The van der Waals surface area contributed by atoms with Crippen molar-refractivity contribution in [3.63, 3.8) is 0 Å². The van der Waals surface area contributed by atoms with Crippen LogP contribution in [-0.4, -0.2) is 21.5 Å². The van der Waals surface area contributed by atoms with E-state index in [1.54, 1.807) is 6.92 Å². The highest BCUT2D eigenvalue weighted by molar-refractivity contribution is 7.99. The Morgan fingerprint density at radius 1 is 1.17 bits per heavy atom. The SMILES string of the molecule is Cc1ccc(-c2csc3nc(SCC(=O)c4ccc(F)c(C)c4)[nH]c(=O)c23)cc1. The van der Waals surface area contributed by atoms with Gasteiger partial charge in [-0.25, -0.2) is 9.37 Å². The first-order valence-corrected chi connectivity index (χ1v) is 10.8. The van der Waals surface area contributed by atoms with Gasteiger partial charge in [0, 0.05) is 16.5 Å². The van der Waals surface area contributed by atoms with Gasteiger partial charge in [0.1, 0.15) is 10.6 Å². The molecule has 0 aliphatic carbocycles. The number of aryl methyl sites for hydroxylation is 2. The number of thioether (sulfide) groups is 1. The van der Waals surface area contributed by atoms with Crippen molar-refractivity contribution in [1.82, 2.24) is 9.97 Å². The van der Waals surface area contributed by atoms with Crippen LogP contribution in [0.4, 0.5) is 4.39 Å². The quantitative estimate of drug-likeness (QED) is 0.265. The van der Waals surface area contributed by atoms with Crippen molar-refractivity contribution < 1.29 is 9.18 Å². The first-order valence-electron chi connectivity index (χ1n) is 8.93. The Balaban J connectivity index is 1.58. The minimum Gasteiger partial charge on any atom is -0.301 e. The monoisotopic (exact) mass is 424 g/mol. The van der Waals surface area contributed by atoms with Crippen molar-refractivity contribution in [2.75, 3.05) is 5.75 Å². The number of Topliss-reactive ketones (excluding diaryl/α,β-unsaturated/α-hetero) is 1. The molecule has 2 aromatic carbocycles. The topological polar surface area (TPSA) is 62.8 Å². The number of aromatic nitrogens is 2. The number of fused-ring (bicyclic) bond motifs is 1. The van der Waals surface area contributed by atoms with Crippen molar-refractivity contribution in [1.29, 1.82) is 0 Å². The second-order valence-corrected chi connectivity index (χ2v) is 8.56. The van der Waals surface area contributed by atoms with Gasteiger partial charge in [0.25, 0.3) is 5.56 Å². The number of hydrogen-bond acceptors (Lipinski definition) is 5. The van der Waals surface area contributed by atoms with Crippen LogP contribution in [-0.2, 0) is 0 Å². The summed E-state index contributed by atoms with van der Waals surface area (Å²) in [4.78, 5) is 33.0. The number of halogens is 1. The maximum atomic E-state index is 13.4. The Bertz CT molecular complexity index is 1280. The highest BCUT2D eigenvalue weighted by atomic mass is 32.2. The van der Waals surface area contributed by atoms with E-state index < -0.39 is 0 Å². The van der Waals surface area contributed by atoms with E-state index in [-0.39, 0.29) is 22.9 Å². The van der Waals surface area contributed by atoms with Crippen LogP contribution in [0.2, 0.25) is 0 Å². The molecule has 0 bridgehead atoms. The van der Waals surface area contributed by atoms with Crippen LogP contribution in [0, 0.1) is 19.7 Å². The molecule has 0 spiro atoms. The number of carbonyl (C=O) groups excluding carboxylic acids is 1. The van der Waals surface area contributed by atoms with Crippen LogP contribution in [0.1, 0.15) is 21.5 Å². The van der Waals surface area contributed by atoms with Crippen LogP contribution in [0.15, 0.2) is 57.8 Å². The van der Waals surface area contributed by atoms with E-state index in [1.807, 2.05) is 36.6 Å². The third-order valence-corrected chi connectivity index (χ3v) is 6.35. The second-order valence-electron chi connectivity index (χ2n) is 6.74. The number of H-pyrrole nitrogens is 1.